The van der Waals surface area contributed by atoms with E-state index in [4.69, 9.17) is 4.74 Å². The molecule has 3 amide bonds. The molecule has 0 bridgehead atoms. The molecule has 2 unspecified atom stereocenters. The first-order chi connectivity index (χ1) is 18.1. The summed E-state index contributed by atoms with van der Waals surface area (Å²) in [4.78, 5) is 42.9. The zero-order valence-electron chi connectivity index (χ0n) is 25.1. The van der Waals surface area contributed by atoms with E-state index in [9.17, 15) is 14.4 Å². The molecule has 0 radical (unpaired) electrons. The third-order valence-corrected chi connectivity index (χ3v) is 6.62. The highest BCUT2D eigenvalue weighted by Crippen LogP contribution is 2.33. The smallest absolute Gasteiger partial charge is 0.408 e. The molecule has 0 aliphatic rings. The highest BCUT2D eigenvalue weighted by molar-refractivity contribution is 5.92. The fraction of sp³-hybridized carbons (Fsp3) is 0.531. The highest BCUT2D eigenvalue weighted by atomic mass is 16.6. The molecule has 0 fully saturated rings. The average molecular weight is 538 g/mol. The van der Waals surface area contributed by atoms with Crippen LogP contribution in [0.2, 0.25) is 0 Å². The van der Waals surface area contributed by atoms with Gasteiger partial charge < -0.3 is 20.3 Å². The zero-order chi connectivity index (χ0) is 29.4. The molecule has 7 nitrogen and oxygen atoms in total. The lowest BCUT2D eigenvalue weighted by Gasteiger charge is -2.45. The minimum absolute atomic E-state index is 0.116. The largest absolute Gasteiger partial charge is 0.444 e. The quantitative estimate of drug-likeness (QED) is 0.352. The van der Waals surface area contributed by atoms with Gasteiger partial charge in [-0.1, -0.05) is 80.9 Å². The van der Waals surface area contributed by atoms with E-state index in [0.29, 0.717) is 19.4 Å². The monoisotopic (exact) mass is 537 g/mol. The number of nitrogens with zero attached hydrogens (tertiary/aromatic N) is 1. The van der Waals surface area contributed by atoms with Crippen LogP contribution in [-0.2, 0) is 20.9 Å². The number of carbonyl (C=O) groups excluding carboxylic acids is 3. The Morgan fingerprint density at radius 1 is 0.949 bits per heavy atom. The lowest BCUT2D eigenvalue weighted by Crippen LogP contribution is -2.59. The van der Waals surface area contributed by atoms with Crippen molar-refractivity contribution in [1.29, 1.82) is 0 Å². The predicted molar refractivity (Wildman–Crippen MR) is 156 cm³/mol. The molecule has 0 aromatic heterocycles. The van der Waals surface area contributed by atoms with Crippen LogP contribution in [0, 0.1) is 12.8 Å². The Morgan fingerprint density at radius 3 is 2.13 bits per heavy atom. The molecule has 214 valence electrons. The maximum absolute atomic E-state index is 14.4. The third kappa shape index (κ3) is 9.72. The van der Waals surface area contributed by atoms with Crippen LogP contribution >= 0.6 is 0 Å². The molecule has 7 heteroatoms. The Balaban J connectivity index is 2.56. The van der Waals surface area contributed by atoms with Gasteiger partial charge in [-0.25, -0.2) is 4.79 Å². The van der Waals surface area contributed by atoms with Crippen molar-refractivity contribution in [3.63, 3.8) is 0 Å². The van der Waals surface area contributed by atoms with Crippen LogP contribution in [0.25, 0.3) is 0 Å². The number of nitrogens with one attached hydrogen (secondary N) is 2. The second-order valence-corrected chi connectivity index (χ2v) is 12.2. The third-order valence-electron chi connectivity index (χ3n) is 6.62. The molecule has 2 rings (SSSR count). The molecular weight excluding hydrogens is 490 g/mol. The Kier molecular flexibility index (Phi) is 11.1. The topological polar surface area (TPSA) is 87.7 Å². The number of hydrogen-bond donors (Lipinski definition) is 2. The molecule has 2 atom stereocenters. The summed E-state index contributed by atoms with van der Waals surface area (Å²) in [5.74, 6) is -0.479. The van der Waals surface area contributed by atoms with Gasteiger partial charge in [0.05, 0.1) is 0 Å². The van der Waals surface area contributed by atoms with Gasteiger partial charge in [-0.2, -0.15) is 0 Å². The van der Waals surface area contributed by atoms with Crippen molar-refractivity contribution >= 4 is 17.9 Å². The Bertz CT molecular complexity index is 1110. The summed E-state index contributed by atoms with van der Waals surface area (Å²) in [7, 11) is 0. The van der Waals surface area contributed by atoms with Crippen molar-refractivity contribution in [3.05, 3.63) is 71.3 Å². The summed E-state index contributed by atoms with van der Waals surface area (Å²) >= 11 is 0. The van der Waals surface area contributed by atoms with Crippen LogP contribution in [0.15, 0.2) is 54.6 Å². The first-order valence-electron chi connectivity index (χ1n) is 13.9. The number of benzene rings is 2. The second-order valence-electron chi connectivity index (χ2n) is 12.2. The molecule has 0 saturated carbocycles. The molecular formula is C32H47N3O4. The second kappa shape index (κ2) is 13.6. The summed E-state index contributed by atoms with van der Waals surface area (Å²) in [5, 5.41) is 5.87. The van der Waals surface area contributed by atoms with Crippen LogP contribution in [0.5, 0.6) is 0 Å². The summed E-state index contributed by atoms with van der Waals surface area (Å²) < 4.78 is 5.49. The number of aryl methyl sites for hydroxylation is 1. The van der Waals surface area contributed by atoms with Crippen molar-refractivity contribution in [2.45, 2.75) is 105 Å². The van der Waals surface area contributed by atoms with Crippen LogP contribution in [-0.4, -0.2) is 40.0 Å². The van der Waals surface area contributed by atoms with Crippen molar-refractivity contribution < 1.29 is 19.1 Å². The molecule has 39 heavy (non-hydrogen) atoms. The van der Waals surface area contributed by atoms with Gasteiger partial charge in [0.25, 0.3) is 0 Å². The van der Waals surface area contributed by atoms with Gasteiger partial charge in [-0.3, -0.25) is 9.59 Å². The lowest BCUT2D eigenvalue weighted by atomic mass is 9.90. The summed E-state index contributed by atoms with van der Waals surface area (Å²) in [6.45, 7) is 17.5. The van der Waals surface area contributed by atoms with E-state index in [1.807, 2.05) is 96.1 Å². The normalized spacial score (nSPS) is 13.4. The highest BCUT2D eigenvalue weighted by Gasteiger charge is 2.43. The predicted octanol–water partition coefficient (Wildman–Crippen LogP) is 6.31. The summed E-state index contributed by atoms with van der Waals surface area (Å²) in [5.41, 5.74) is 1.27. The Hall–Kier alpha value is -3.35. The fourth-order valence-electron chi connectivity index (χ4n) is 4.40. The number of amides is 3. The van der Waals surface area contributed by atoms with Crippen molar-refractivity contribution in [1.82, 2.24) is 15.5 Å². The van der Waals surface area contributed by atoms with Gasteiger partial charge in [-0.15, -0.1) is 0 Å². The van der Waals surface area contributed by atoms with E-state index < -0.39 is 29.3 Å². The van der Waals surface area contributed by atoms with Gasteiger partial charge in [0.15, 0.2) is 0 Å². The first-order valence-corrected chi connectivity index (χ1v) is 13.9. The van der Waals surface area contributed by atoms with Crippen molar-refractivity contribution in [2.24, 2.45) is 5.92 Å². The van der Waals surface area contributed by atoms with E-state index in [0.717, 1.165) is 16.7 Å². The number of ether oxygens (including phenoxy) is 1. The van der Waals surface area contributed by atoms with Gasteiger partial charge in [0.2, 0.25) is 11.8 Å². The van der Waals surface area contributed by atoms with Crippen molar-refractivity contribution in [3.8, 4) is 0 Å². The van der Waals surface area contributed by atoms with Crippen molar-refractivity contribution in [2.75, 3.05) is 0 Å². The number of hydrogen-bond acceptors (Lipinski definition) is 4. The SMILES string of the molecule is CCC(C)(C)N(C(=O)C(CC(C)C)NC(=O)OC(C)(C)C)C(C(=O)NCc1ccccc1)c1cccc(C)c1. The van der Waals surface area contributed by atoms with E-state index in [1.54, 1.807) is 25.7 Å². The molecule has 0 aliphatic heterocycles. The number of rotatable bonds is 11. The van der Waals surface area contributed by atoms with Crippen LogP contribution in [0.4, 0.5) is 4.79 Å². The van der Waals surface area contributed by atoms with Gasteiger partial charge in [0.1, 0.15) is 17.7 Å². The van der Waals surface area contributed by atoms with E-state index in [2.05, 4.69) is 10.6 Å². The summed E-state index contributed by atoms with van der Waals surface area (Å²) in [6.07, 6.45) is 0.352. The Morgan fingerprint density at radius 2 is 1.59 bits per heavy atom. The lowest BCUT2D eigenvalue weighted by molar-refractivity contribution is -0.149. The molecule has 0 saturated heterocycles. The van der Waals surface area contributed by atoms with Gasteiger partial charge in [-0.05, 0) is 71.4 Å². The minimum atomic E-state index is -0.897. The van der Waals surface area contributed by atoms with Gasteiger partial charge >= 0.3 is 6.09 Å². The fourth-order valence-corrected chi connectivity index (χ4v) is 4.40. The molecule has 2 aromatic carbocycles. The maximum atomic E-state index is 14.4. The van der Waals surface area contributed by atoms with Crippen LogP contribution in [0.3, 0.4) is 0 Å². The maximum Gasteiger partial charge on any atom is 0.408 e. The molecule has 0 spiro atoms. The zero-order valence-corrected chi connectivity index (χ0v) is 25.1. The van der Waals surface area contributed by atoms with E-state index >= 15 is 0 Å². The van der Waals surface area contributed by atoms with Crippen LogP contribution < -0.4 is 10.6 Å². The molecule has 2 N–H and O–H groups in total. The van der Waals surface area contributed by atoms with Crippen LogP contribution in [0.1, 0.15) is 91.0 Å². The molecule has 2 aromatic rings. The molecule has 0 heterocycles. The summed E-state index contributed by atoms with van der Waals surface area (Å²) in [6, 6.07) is 15.6. The standard InChI is InChI=1S/C32H47N3O4/c1-10-32(8,9)35(29(37)26(19-22(2)3)34-30(38)39-31(5,6)7)27(25-18-14-15-23(4)20-25)28(36)33-21-24-16-12-11-13-17-24/h11-18,20,22,26-27H,10,19,21H2,1-9H3,(H,33,36)(H,34,38). The number of alkyl carbamates (subject to hydrolysis) is 1. The Labute approximate surface area is 234 Å². The molecule has 0 aliphatic carbocycles. The average Bonchev–Trinajstić information content (AvgIpc) is 2.84. The van der Waals surface area contributed by atoms with Gasteiger partial charge in [0, 0.05) is 12.1 Å². The van der Waals surface area contributed by atoms with E-state index in [1.165, 1.54) is 0 Å². The number of carbonyl (C=O) groups is 3. The first kappa shape index (κ1) is 31.9. The minimum Gasteiger partial charge on any atom is -0.444 e. The van der Waals surface area contributed by atoms with E-state index in [-0.39, 0.29) is 17.7 Å².